The van der Waals surface area contributed by atoms with Gasteiger partial charge in [-0.15, -0.1) is 0 Å². The molecular formula is C22H21F4N7O3. The number of pyridine rings is 1. The maximum Gasteiger partial charge on any atom is 0.416 e. The number of benzene rings is 1. The van der Waals surface area contributed by atoms with Crippen LogP contribution in [0.3, 0.4) is 0 Å². The zero-order valence-corrected chi connectivity index (χ0v) is 18.9. The minimum atomic E-state index is -4.49. The van der Waals surface area contributed by atoms with Gasteiger partial charge < -0.3 is 19.7 Å². The number of aromatic nitrogens is 3. The number of hydrazine groups is 1. The van der Waals surface area contributed by atoms with Crippen molar-refractivity contribution >= 4 is 29.0 Å². The molecule has 1 aliphatic rings. The van der Waals surface area contributed by atoms with Crippen molar-refractivity contribution < 1.29 is 31.8 Å². The molecule has 1 aromatic carbocycles. The maximum atomic E-state index is 14.2. The van der Waals surface area contributed by atoms with E-state index in [0.717, 1.165) is 18.3 Å². The standard InChI is InChI=1S/C22H21F4N7O3/c1-35-20-17(28-14-4-2-3-13(11-14)22(24,25)26)6-5-16(29-20)19(34)31-32-21-27-12-15(23)18(30-21)33-7-9-36-10-8-33/h2-6,11-12,28H,7-10H2,1H3,(H,31,34)(H,27,30,32). The molecule has 190 valence electrons. The Balaban J connectivity index is 1.44. The average Bonchev–Trinajstić information content (AvgIpc) is 2.88. The lowest BCUT2D eigenvalue weighted by Crippen LogP contribution is -2.38. The number of methoxy groups -OCH3 is 1. The van der Waals surface area contributed by atoms with E-state index in [1.54, 1.807) is 4.90 Å². The molecule has 3 aromatic rings. The van der Waals surface area contributed by atoms with E-state index in [9.17, 15) is 22.4 Å². The smallest absolute Gasteiger partial charge is 0.416 e. The Morgan fingerprint density at radius 3 is 2.64 bits per heavy atom. The summed E-state index contributed by atoms with van der Waals surface area (Å²) in [6.07, 6.45) is -3.51. The van der Waals surface area contributed by atoms with Gasteiger partial charge in [0, 0.05) is 18.8 Å². The van der Waals surface area contributed by atoms with Gasteiger partial charge in [-0.25, -0.2) is 14.4 Å². The van der Waals surface area contributed by atoms with Gasteiger partial charge in [0.05, 0.1) is 32.1 Å². The molecule has 0 aliphatic carbocycles. The second-order valence-corrected chi connectivity index (χ2v) is 7.50. The topological polar surface area (TPSA) is 114 Å². The second-order valence-electron chi connectivity index (χ2n) is 7.50. The van der Waals surface area contributed by atoms with E-state index in [2.05, 4.69) is 31.1 Å². The van der Waals surface area contributed by atoms with E-state index in [4.69, 9.17) is 9.47 Å². The van der Waals surface area contributed by atoms with Crippen LogP contribution in [0.5, 0.6) is 5.88 Å². The molecule has 0 unspecified atom stereocenters. The van der Waals surface area contributed by atoms with Crippen LogP contribution in [0, 0.1) is 5.82 Å². The third kappa shape index (κ3) is 5.89. The number of ether oxygens (including phenoxy) is 2. The summed E-state index contributed by atoms with van der Waals surface area (Å²) in [7, 11) is 1.30. The molecule has 4 rings (SSSR count). The van der Waals surface area contributed by atoms with Crippen molar-refractivity contribution in [2.45, 2.75) is 6.18 Å². The van der Waals surface area contributed by atoms with Crippen LogP contribution in [-0.4, -0.2) is 54.3 Å². The molecule has 0 bridgehead atoms. The maximum absolute atomic E-state index is 14.2. The monoisotopic (exact) mass is 507 g/mol. The molecule has 3 N–H and O–H groups in total. The molecule has 1 amide bonds. The molecule has 14 heteroatoms. The molecule has 0 spiro atoms. The van der Waals surface area contributed by atoms with Crippen LogP contribution in [0.15, 0.2) is 42.6 Å². The molecule has 10 nitrogen and oxygen atoms in total. The van der Waals surface area contributed by atoms with E-state index in [-0.39, 0.29) is 34.7 Å². The summed E-state index contributed by atoms with van der Waals surface area (Å²) < 4.78 is 63.5. The molecule has 1 saturated heterocycles. The minimum absolute atomic E-state index is 0.0207. The Bertz CT molecular complexity index is 1240. The predicted octanol–water partition coefficient (Wildman–Crippen LogP) is 3.38. The van der Waals surface area contributed by atoms with Crippen molar-refractivity contribution in [1.82, 2.24) is 20.4 Å². The third-order valence-corrected chi connectivity index (χ3v) is 5.08. The average molecular weight is 507 g/mol. The normalized spacial score (nSPS) is 13.8. The van der Waals surface area contributed by atoms with Crippen molar-refractivity contribution in [2.24, 2.45) is 0 Å². The summed E-state index contributed by atoms with van der Waals surface area (Å²) in [6.45, 7) is 1.80. The number of rotatable bonds is 7. The molecule has 36 heavy (non-hydrogen) atoms. The Hall–Kier alpha value is -4.20. The Morgan fingerprint density at radius 2 is 1.92 bits per heavy atom. The highest BCUT2D eigenvalue weighted by Crippen LogP contribution is 2.32. The van der Waals surface area contributed by atoms with Gasteiger partial charge >= 0.3 is 6.18 Å². The van der Waals surface area contributed by atoms with E-state index in [1.807, 2.05) is 0 Å². The largest absolute Gasteiger partial charge is 0.479 e. The highest BCUT2D eigenvalue weighted by Gasteiger charge is 2.30. The lowest BCUT2D eigenvalue weighted by atomic mass is 10.2. The number of anilines is 4. The fourth-order valence-corrected chi connectivity index (χ4v) is 3.34. The molecule has 0 saturated carbocycles. The summed E-state index contributed by atoms with van der Waals surface area (Å²) in [5.74, 6) is -1.27. The number of alkyl halides is 3. The first-order chi connectivity index (χ1) is 17.2. The van der Waals surface area contributed by atoms with Crippen molar-refractivity contribution in [1.29, 1.82) is 0 Å². The number of amides is 1. The minimum Gasteiger partial charge on any atom is -0.479 e. The van der Waals surface area contributed by atoms with Gasteiger partial charge in [0.2, 0.25) is 11.8 Å². The molecular weight excluding hydrogens is 486 g/mol. The number of nitrogens with one attached hydrogen (secondary N) is 3. The first kappa shape index (κ1) is 24.9. The third-order valence-electron chi connectivity index (χ3n) is 5.08. The quantitative estimate of drug-likeness (QED) is 0.327. The number of carbonyl (C=O) groups excluding carboxylic acids is 1. The number of hydrogen-bond acceptors (Lipinski definition) is 9. The molecule has 1 fully saturated rings. The number of nitrogens with zero attached hydrogens (tertiary/aromatic N) is 4. The fraction of sp³-hybridized carbons (Fsp3) is 0.273. The van der Waals surface area contributed by atoms with Crippen molar-refractivity contribution in [3.05, 3.63) is 59.7 Å². The number of halogens is 4. The first-order valence-electron chi connectivity index (χ1n) is 10.7. The van der Waals surface area contributed by atoms with Gasteiger partial charge in [-0.05, 0) is 30.3 Å². The van der Waals surface area contributed by atoms with Crippen molar-refractivity contribution in [3.8, 4) is 5.88 Å². The van der Waals surface area contributed by atoms with E-state index < -0.39 is 23.5 Å². The molecule has 1 aliphatic heterocycles. The molecule has 0 atom stereocenters. The second kappa shape index (κ2) is 10.6. The Labute approximate surface area is 202 Å². The SMILES string of the molecule is COc1nc(C(=O)NNc2ncc(F)c(N3CCOCC3)n2)ccc1Nc1cccc(C(F)(F)F)c1. The van der Waals surface area contributed by atoms with Crippen LogP contribution >= 0.6 is 0 Å². The molecule has 3 heterocycles. The highest BCUT2D eigenvalue weighted by molar-refractivity contribution is 5.93. The molecule has 2 aromatic heterocycles. The van der Waals surface area contributed by atoms with Gasteiger partial charge in [0.1, 0.15) is 11.4 Å². The Morgan fingerprint density at radius 1 is 1.14 bits per heavy atom. The van der Waals surface area contributed by atoms with Crippen LogP contribution in [-0.2, 0) is 10.9 Å². The van der Waals surface area contributed by atoms with Gasteiger partial charge in [-0.1, -0.05) is 6.07 Å². The number of hydrogen-bond donors (Lipinski definition) is 3. The lowest BCUT2D eigenvalue weighted by molar-refractivity contribution is -0.137. The predicted molar refractivity (Wildman–Crippen MR) is 122 cm³/mol. The number of carbonyl (C=O) groups is 1. The van der Waals surface area contributed by atoms with E-state index in [0.29, 0.717) is 26.3 Å². The van der Waals surface area contributed by atoms with Gasteiger partial charge in [-0.2, -0.15) is 18.2 Å². The Kier molecular flexibility index (Phi) is 7.33. The van der Waals surface area contributed by atoms with Crippen LogP contribution in [0.25, 0.3) is 0 Å². The van der Waals surface area contributed by atoms with Crippen LogP contribution in [0.1, 0.15) is 16.1 Å². The molecule has 0 radical (unpaired) electrons. The van der Waals surface area contributed by atoms with E-state index in [1.165, 1.54) is 31.4 Å². The van der Waals surface area contributed by atoms with Gasteiger partial charge in [0.25, 0.3) is 5.91 Å². The zero-order valence-electron chi connectivity index (χ0n) is 18.9. The van der Waals surface area contributed by atoms with Crippen molar-refractivity contribution in [2.75, 3.05) is 49.1 Å². The van der Waals surface area contributed by atoms with Gasteiger partial charge in [0.15, 0.2) is 11.6 Å². The van der Waals surface area contributed by atoms with Crippen LogP contribution in [0.2, 0.25) is 0 Å². The summed E-state index contributed by atoms with van der Waals surface area (Å²) >= 11 is 0. The van der Waals surface area contributed by atoms with Crippen LogP contribution in [0.4, 0.5) is 40.7 Å². The summed E-state index contributed by atoms with van der Waals surface area (Å²) in [5.41, 5.74) is 4.40. The summed E-state index contributed by atoms with van der Waals surface area (Å²) in [4.78, 5) is 26.3. The lowest BCUT2D eigenvalue weighted by Gasteiger charge is -2.28. The van der Waals surface area contributed by atoms with Gasteiger partial charge in [-0.3, -0.25) is 15.6 Å². The first-order valence-corrected chi connectivity index (χ1v) is 10.7. The van der Waals surface area contributed by atoms with Crippen molar-refractivity contribution in [3.63, 3.8) is 0 Å². The highest BCUT2D eigenvalue weighted by atomic mass is 19.4. The summed E-state index contributed by atoms with van der Waals surface area (Å²) in [5, 5.41) is 2.80. The van der Waals surface area contributed by atoms with Crippen LogP contribution < -0.4 is 25.8 Å². The summed E-state index contributed by atoms with van der Waals surface area (Å²) in [6, 6.07) is 7.40. The number of morpholine rings is 1. The fourth-order valence-electron chi connectivity index (χ4n) is 3.34. The zero-order chi connectivity index (χ0) is 25.7. The van der Waals surface area contributed by atoms with E-state index >= 15 is 0 Å².